The Morgan fingerprint density at radius 2 is 1.93 bits per heavy atom. The van der Waals surface area contributed by atoms with E-state index in [1.54, 1.807) is 0 Å². The molecule has 1 fully saturated rings. The maximum Gasteiger partial charge on any atom is 0.417 e. The second kappa shape index (κ2) is 13.0. The van der Waals surface area contributed by atoms with Crippen LogP contribution in [0.2, 0.25) is 0 Å². The van der Waals surface area contributed by atoms with Gasteiger partial charge in [0.25, 0.3) is 0 Å². The number of nitrogens with one attached hydrogen (secondary N) is 1. The number of carbonyl (C=O) groups excluding carboxylic acids is 2. The summed E-state index contributed by atoms with van der Waals surface area (Å²) in [6.45, 7) is -1.14. The highest BCUT2D eigenvalue weighted by Crippen LogP contribution is 2.28. The predicted molar refractivity (Wildman–Crippen MR) is 86.4 cm³/mol. The van der Waals surface area contributed by atoms with Gasteiger partial charge in [-0.2, -0.15) is 22.0 Å². The lowest BCUT2D eigenvalue weighted by Gasteiger charge is -2.07. The fourth-order valence-corrected chi connectivity index (χ4v) is 2.01. The normalized spacial score (nSPS) is 13.9. The fourth-order valence-electron chi connectivity index (χ4n) is 2.01. The molecule has 0 aromatic carbocycles. The monoisotopic (exact) mass is 399 g/mol. The van der Waals surface area contributed by atoms with Crippen molar-refractivity contribution in [2.45, 2.75) is 58.0 Å². The van der Waals surface area contributed by atoms with Crippen molar-refractivity contribution >= 4 is 12.3 Å². The van der Waals surface area contributed by atoms with Gasteiger partial charge in [0.2, 0.25) is 12.3 Å². The lowest BCUT2D eigenvalue weighted by atomic mass is 10.2. The summed E-state index contributed by atoms with van der Waals surface area (Å²) in [6.07, 6.45) is 0.360. The molecule has 154 valence electrons. The molecule has 2 amide bonds. The molecule has 0 atom stereocenters. The van der Waals surface area contributed by atoms with Crippen LogP contribution in [0.5, 0.6) is 0 Å². The Morgan fingerprint density at radius 1 is 1.37 bits per heavy atom. The Balaban J connectivity index is 0.000000444. The average Bonchev–Trinajstić information content (AvgIpc) is 3.05. The lowest BCUT2D eigenvalue weighted by molar-refractivity contribution is -0.160. The SMILES string of the molecule is CC(N)=O.FC(F)OC1CCCC1.O=CNCc1ccc(C(F)(F)F)cn1. The summed E-state index contributed by atoms with van der Waals surface area (Å²) < 4.78 is 63.4. The van der Waals surface area contributed by atoms with Crippen molar-refractivity contribution in [2.24, 2.45) is 5.73 Å². The number of carbonyl (C=O) groups is 2. The maximum absolute atomic E-state index is 12.1. The number of hydrogen-bond donors (Lipinski definition) is 2. The number of pyridine rings is 1. The third-order valence-electron chi connectivity index (χ3n) is 3.12. The van der Waals surface area contributed by atoms with E-state index in [1.165, 1.54) is 13.0 Å². The molecule has 27 heavy (non-hydrogen) atoms. The van der Waals surface area contributed by atoms with Gasteiger partial charge in [-0.3, -0.25) is 14.6 Å². The highest BCUT2D eigenvalue weighted by Gasteiger charge is 2.30. The first kappa shape index (κ1) is 24.7. The van der Waals surface area contributed by atoms with Crippen molar-refractivity contribution in [3.63, 3.8) is 0 Å². The van der Waals surface area contributed by atoms with Crippen LogP contribution in [0, 0.1) is 0 Å². The molecule has 0 aliphatic heterocycles. The van der Waals surface area contributed by atoms with E-state index >= 15 is 0 Å². The molecule has 1 heterocycles. The van der Waals surface area contributed by atoms with E-state index in [0.717, 1.165) is 37.9 Å². The van der Waals surface area contributed by atoms with Crippen molar-refractivity contribution in [1.82, 2.24) is 10.3 Å². The number of nitrogens with zero attached hydrogens (tertiary/aromatic N) is 1. The van der Waals surface area contributed by atoms with Gasteiger partial charge in [-0.15, -0.1) is 0 Å². The van der Waals surface area contributed by atoms with Crippen LogP contribution in [-0.2, 0) is 27.0 Å². The molecule has 0 unspecified atom stereocenters. The van der Waals surface area contributed by atoms with E-state index in [0.29, 0.717) is 12.1 Å². The van der Waals surface area contributed by atoms with Gasteiger partial charge in [0, 0.05) is 13.1 Å². The van der Waals surface area contributed by atoms with Crippen LogP contribution in [0.25, 0.3) is 0 Å². The lowest BCUT2D eigenvalue weighted by Crippen LogP contribution is -2.12. The molecule has 1 aliphatic rings. The molecule has 11 heteroatoms. The Hall–Kier alpha value is -2.30. The Kier molecular flexibility index (Phi) is 11.9. The molecule has 1 saturated carbocycles. The van der Waals surface area contributed by atoms with Gasteiger partial charge in [-0.25, -0.2) is 0 Å². The zero-order chi connectivity index (χ0) is 20.9. The topological polar surface area (TPSA) is 94.3 Å². The first-order valence-corrected chi connectivity index (χ1v) is 7.95. The molecule has 6 nitrogen and oxygen atoms in total. The Bertz CT molecular complexity index is 543. The quantitative estimate of drug-likeness (QED) is 0.588. The van der Waals surface area contributed by atoms with Crippen molar-refractivity contribution in [3.8, 4) is 0 Å². The van der Waals surface area contributed by atoms with E-state index in [4.69, 9.17) is 0 Å². The number of amides is 2. The van der Waals surface area contributed by atoms with Crippen LogP contribution in [0.3, 0.4) is 0 Å². The van der Waals surface area contributed by atoms with Crippen molar-refractivity contribution < 1.29 is 36.3 Å². The van der Waals surface area contributed by atoms with Crippen LogP contribution in [0.4, 0.5) is 22.0 Å². The highest BCUT2D eigenvalue weighted by molar-refractivity contribution is 5.70. The average molecular weight is 399 g/mol. The third kappa shape index (κ3) is 13.5. The number of alkyl halides is 5. The van der Waals surface area contributed by atoms with Gasteiger partial charge < -0.3 is 15.8 Å². The van der Waals surface area contributed by atoms with Gasteiger partial charge in [-0.1, -0.05) is 12.8 Å². The Labute approximate surface area is 153 Å². The molecule has 1 aromatic rings. The molecule has 2 rings (SSSR count). The molecular formula is C16H22F5N3O3. The number of ether oxygens (including phenoxy) is 1. The van der Waals surface area contributed by atoms with Crippen LogP contribution >= 0.6 is 0 Å². The smallest absolute Gasteiger partial charge is 0.370 e. The molecule has 1 aliphatic carbocycles. The van der Waals surface area contributed by atoms with Gasteiger partial charge >= 0.3 is 12.8 Å². The minimum absolute atomic E-state index is 0.127. The minimum atomic E-state index is -4.37. The summed E-state index contributed by atoms with van der Waals surface area (Å²) in [5.74, 6) is -0.333. The van der Waals surface area contributed by atoms with Crippen LogP contribution in [-0.4, -0.2) is 30.0 Å². The zero-order valence-electron chi connectivity index (χ0n) is 14.6. The molecule has 3 N–H and O–H groups in total. The second-order valence-corrected chi connectivity index (χ2v) is 5.45. The molecule has 0 saturated heterocycles. The van der Waals surface area contributed by atoms with Gasteiger partial charge in [-0.05, 0) is 25.0 Å². The summed E-state index contributed by atoms with van der Waals surface area (Å²) in [7, 11) is 0. The van der Waals surface area contributed by atoms with Crippen LogP contribution < -0.4 is 11.1 Å². The summed E-state index contributed by atoms with van der Waals surface area (Å²) >= 11 is 0. The predicted octanol–water partition coefficient (Wildman–Crippen LogP) is 3.01. The number of rotatable bonds is 5. The highest BCUT2D eigenvalue weighted by atomic mass is 19.4. The second-order valence-electron chi connectivity index (χ2n) is 5.45. The van der Waals surface area contributed by atoms with E-state index in [2.05, 4.69) is 20.8 Å². The summed E-state index contributed by atoms with van der Waals surface area (Å²) in [6, 6.07) is 2.15. The van der Waals surface area contributed by atoms with Crippen molar-refractivity contribution in [2.75, 3.05) is 0 Å². The van der Waals surface area contributed by atoms with E-state index < -0.39 is 18.4 Å². The minimum Gasteiger partial charge on any atom is -0.370 e. The Morgan fingerprint density at radius 3 is 2.30 bits per heavy atom. The van der Waals surface area contributed by atoms with Crippen molar-refractivity contribution in [1.29, 1.82) is 0 Å². The van der Waals surface area contributed by atoms with Gasteiger partial charge in [0.15, 0.2) is 0 Å². The standard InChI is InChI=1S/C8H7F3N2O.C6H10F2O.C2H5NO/c9-8(10,11)6-1-2-7(13-3-6)4-12-5-14;7-6(8)9-5-3-1-2-4-5;1-2(3)4/h1-3,5H,4H2,(H,12,14);5-6H,1-4H2;1H3,(H2,3,4). The number of hydrogen-bond acceptors (Lipinski definition) is 4. The number of aromatic nitrogens is 1. The van der Waals surface area contributed by atoms with E-state index in [1.807, 2.05) is 0 Å². The van der Waals surface area contributed by atoms with Gasteiger partial charge in [0.05, 0.1) is 23.9 Å². The molecule has 1 aromatic heterocycles. The van der Waals surface area contributed by atoms with E-state index in [9.17, 15) is 31.5 Å². The number of primary amides is 1. The number of nitrogens with two attached hydrogens (primary N) is 1. The van der Waals surface area contributed by atoms with Crippen LogP contribution in [0.1, 0.15) is 43.9 Å². The molecular weight excluding hydrogens is 377 g/mol. The maximum atomic E-state index is 12.1. The third-order valence-corrected chi connectivity index (χ3v) is 3.12. The summed E-state index contributed by atoms with van der Waals surface area (Å²) in [5, 5.41) is 2.30. The number of halogens is 5. The largest absolute Gasteiger partial charge is 0.417 e. The molecule has 0 spiro atoms. The van der Waals surface area contributed by atoms with Crippen molar-refractivity contribution in [3.05, 3.63) is 29.6 Å². The first-order valence-electron chi connectivity index (χ1n) is 7.95. The fraction of sp³-hybridized carbons (Fsp3) is 0.562. The zero-order valence-corrected chi connectivity index (χ0v) is 14.6. The summed E-state index contributed by atoms with van der Waals surface area (Å²) in [4.78, 5) is 22.6. The molecule has 0 bridgehead atoms. The van der Waals surface area contributed by atoms with E-state index in [-0.39, 0.29) is 18.6 Å². The van der Waals surface area contributed by atoms with Gasteiger partial charge in [0.1, 0.15) is 0 Å². The molecule has 0 radical (unpaired) electrons. The summed E-state index contributed by atoms with van der Waals surface area (Å²) in [5.41, 5.74) is 4.05. The van der Waals surface area contributed by atoms with Crippen LogP contribution in [0.15, 0.2) is 18.3 Å². The first-order chi connectivity index (χ1) is 12.6.